The molecule has 8 heteroatoms. The van der Waals surface area contributed by atoms with E-state index in [1.54, 1.807) is 24.1 Å². The number of hydrogen-bond donors (Lipinski definition) is 1. The summed E-state index contributed by atoms with van der Waals surface area (Å²) in [5.41, 5.74) is 5.08. The zero-order valence-corrected chi connectivity index (χ0v) is 20.3. The first kappa shape index (κ1) is 24.8. The van der Waals surface area contributed by atoms with Crippen LogP contribution < -0.4 is 24.5 Å². The van der Waals surface area contributed by atoms with Crippen molar-refractivity contribution in [3.63, 3.8) is 0 Å². The molecule has 0 saturated carbocycles. The number of ether oxygens (including phenoxy) is 3. The number of benzene rings is 3. The molecule has 0 unspecified atom stereocenters. The molecule has 4 rings (SSSR count). The third-order valence-corrected chi connectivity index (χ3v) is 5.77. The predicted molar refractivity (Wildman–Crippen MR) is 138 cm³/mol. The van der Waals surface area contributed by atoms with E-state index in [2.05, 4.69) is 10.5 Å². The summed E-state index contributed by atoms with van der Waals surface area (Å²) >= 11 is 0. The highest BCUT2D eigenvalue weighted by Crippen LogP contribution is 2.29. The van der Waals surface area contributed by atoms with Crippen molar-refractivity contribution in [1.29, 1.82) is 0 Å². The molecule has 1 aliphatic rings. The van der Waals surface area contributed by atoms with Gasteiger partial charge >= 0.3 is 0 Å². The summed E-state index contributed by atoms with van der Waals surface area (Å²) in [6, 6.07) is 22.5. The van der Waals surface area contributed by atoms with Gasteiger partial charge in [0.25, 0.3) is 0 Å². The van der Waals surface area contributed by atoms with E-state index in [4.69, 9.17) is 14.2 Å². The average Bonchev–Trinajstić information content (AvgIpc) is 3.30. The molecule has 1 fully saturated rings. The van der Waals surface area contributed by atoms with Gasteiger partial charge in [0.05, 0.1) is 25.8 Å². The van der Waals surface area contributed by atoms with Gasteiger partial charge in [0, 0.05) is 18.7 Å². The minimum absolute atomic E-state index is 0.0980. The zero-order valence-electron chi connectivity index (χ0n) is 20.3. The number of anilines is 1. The number of carbonyl (C=O) groups excluding carboxylic acids is 2. The van der Waals surface area contributed by atoms with Crippen LogP contribution in [0.25, 0.3) is 0 Å². The first-order valence-electron chi connectivity index (χ1n) is 11.8. The Labute approximate surface area is 210 Å². The van der Waals surface area contributed by atoms with Crippen molar-refractivity contribution in [3.8, 4) is 17.2 Å². The van der Waals surface area contributed by atoms with E-state index >= 15 is 0 Å². The molecule has 0 radical (unpaired) electrons. The van der Waals surface area contributed by atoms with Gasteiger partial charge in [0.1, 0.15) is 12.4 Å². The monoisotopic (exact) mass is 487 g/mol. The first-order valence-corrected chi connectivity index (χ1v) is 11.8. The van der Waals surface area contributed by atoms with Crippen LogP contribution in [0.3, 0.4) is 0 Å². The number of hydrogen-bond acceptors (Lipinski definition) is 6. The van der Waals surface area contributed by atoms with Crippen LogP contribution in [0.15, 0.2) is 77.9 Å². The van der Waals surface area contributed by atoms with Crippen molar-refractivity contribution in [2.24, 2.45) is 11.0 Å². The van der Waals surface area contributed by atoms with Gasteiger partial charge < -0.3 is 19.1 Å². The molecule has 1 aliphatic heterocycles. The van der Waals surface area contributed by atoms with Gasteiger partial charge in [-0.1, -0.05) is 30.3 Å². The first-order chi connectivity index (χ1) is 17.6. The van der Waals surface area contributed by atoms with Gasteiger partial charge in [-0.15, -0.1) is 0 Å². The van der Waals surface area contributed by atoms with E-state index in [0.717, 1.165) is 22.6 Å². The van der Waals surface area contributed by atoms with Gasteiger partial charge in [-0.2, -0.15) is 5.10 Å². The van der Waals surface area contributed by atoms with Gasteiger partial charge in [-0.25, -0.2) is 5.43 Å². The molecular formula is C28H29N3O5. The molecule has 186 valence electrons. The molecule has 0 spiro atoms. The Morgan fingerprint density at radius 3 is 2.56 bits per heavy atom. The van der Waals surface area contributed by atoms with Crippen LogP contribution in [0.5, 0.6) is 17.2 Å². The van der Waals surface area contributed by atoms with E-state index in [1.165, 1.54) is 6.21 Å². The molecule has 36 heavy (non-hydrogen) atoms. The number of amides is 2. The molecule has 3 aromatic carbocycles. The predicted octanol–water partition coefficient (Wildman–Crippen LogP) is 4.18. The standard InChI is InChI=1S/C28H29N3O5/c1-3-35-24-12-10-23(11-13-24)31-18-22(16-27(31)32)28(33)30-29-17-21-9-14-25(26(15-21)34-2)36-19-20-7-5-4-6-8-20/h4-15,17,22H,3,16,18-19H2,1-2H3,(H,30,33)/b29-17-/t22-/m1/s1. The maximum atomic E-state index is 12.6. The maximum Gasteiger partial charge on any atom is 0.245 e. The lowest BCUT2D eigenvalue weighted by Crippen LogP contribution is -2.30. The van der Waals surface area contributed by atoms with Gasteiger partial charge in [-0.3, -0.25) is 9.59 Å². The summed E-state index contributed by atoms with van der Waals surface area (Å²) in [5.74, 6) is 1.03. The molecule has 0 bridgehead atoms. The molecule has 0 aliphatic carbocycles. The average molecular weight is 488 g/mol. The van der Waals surface area contributed by atoms with Gasteiger partial charge in [-0.05, 0) is 60.5 Å². The van der Waals surface area contributed by atoms with Crippen molar-refractivity contribution in [2.45, 2.75) is 20.0 Å². The number of carbonyl (C=O) groups is 2. The van der Waals surface area contributed by atoms with E-state index in [-0.39, 0.29) is 18.2 Å². The molecule has 1 N–H and O–H groups in total. The molecule has 1 saturated heterocycles. The molecule has 8 nitrogen and oxygen atoms in total. The van der Waals surface area contributed by atoms with E-state index in [0.29, 0.717) is 31.3 Å². The lowest BCUT2D eigenvalue weighted by Gasteiger charge is -2.17. The van der Waals surface area contributed by atoms with Crippen LogP contribution in [0.4, 0.5) is 5.69 Å². The normalized spacial score (nSPS) is 15.2. The summed E-state index contributed by atoms with van der Waals surface area (Å²) in [5, 5.41) is 4.07. The smallest absolute Gasteiger partial charge is 0.245 e. The van der Waals surface area contributed by atoms with E-state index in [1.807, 2.05) is 67.6 Å². The molecule has 1 atom stereocenters. The number of methoxy groups -OCH3 is 1. The van der Waals surface area contributed by atoms with E-state index in [9.17, 15) is 9.59 Å². The minimum atomic E-state index is -0.482. The zero-order chi connectivity index (χ0) is 25.3. The quantitative estimate of drug-likeness (QED) is 0.342. The van der Waals surface area contributed by atoms with Crippen LogP contribution in [-0.4, -0.2) is 38.3 Å². The molecular weight excluding hydrogens is 458 g/mol. The summed E-state index contributed by atoms with van der Waals surface area (Å²) in [7, 11) is 1.57. The van der Waals surface area contributed by atoms with E-state index < -0.39 is 5.92 Å². The minimum Gasteiger partial charge on any atom is -0.494 e. The summed E-state index contributed by atoms with van der Waals surface area (Å²) in [6.45, 7) is 3.21. The largest absolute Gasteiger partial charge is 0.494 e. The van der Waals surface area contributed by atoms with Gasteiger partial charge in [0.15, 0.2) is 11.5 Å². The third kappa shape index (κ3) is 6.21. The van der Waals surface area contributed by atoms with Crippen molar-refractivity contribution in [2.75, 3.05) is 25.2 Å². The van der Waals surface area contributed by atoms with Crippen LogP contribution >= 0.6 is 0 Å². The Hall–Kier alpha value is -4.33. The summed E-state index contributed by atoms with van der Waals surface area (Å²) in [6.07, 6.45) is 1.66. The number of hydrazone groups is 1. The van der Waals surface area contributed by atoms with Crippen LogP contribution in [0.2, 0.25) is 0 Å². The van der Waals surface area contributed by atoms with Crippen LogP contribution in [0.1, 0.15) is 24.5 Å². The van der Waals surface area contributed by atoms with Crippen molar-refractivity contribution in [3.05, 3.63) is 83.9 Å². The van der Waals surface area contributed by atoms with Gasteiger partial charge in [0.2, 0.25) is 11.8 Å². The Kier molecular flexibility index (Phi) is 8.18. The highest BCUT2D eigenvalue weighted by molar-refractivity contribution is 6.00. The fourth-order valence-electron chi connectivity index (χ4n) is 3.90. The molecule has 3 aromatic rings. The second kappa shape index (κ2) is 11.9. The van der Waals surface area contributed by atoms with Crippen molar-refractivity contribution >= 4 is 23.7 Å². The second-order valence-corrected chi connectivity index (χ2v) is 8.25. The highest BCUT2D eigenvalue weighted by atomic mass is 16.5. The topological polar surface area (TPSA) is 89.5 Å². The lowest BCUT2D eigenvalue weighted by molar-refractivity contribution is -0.126. The Morgan fingerprint density at radius 1 is 1.06 bits per heavy atom. The Bertz CT molecular complexity index is 1210. The Balaban J connectivity index is 1.32. The molecule has 1 heterocycles. The third-order valence-electron chi connectivity index (χ3n) is 5.77. The number of nitrogens with zero attached hydrogens (tertiary/aromatic N) is 2. The lowest BCUT2D eigenvalue weighted by atomic mass is 10.1. The number of rotatable bonds is 10. The highest BCUT2D eigenvalue weighted by Gasteiger charge is 2.35. The second-order valence-electron chi connectivity index (χ2n) is 8.25. The maximum absolute atomic E-state index is 12.6. The van der Waals surface area contributed by atoms with Crippen molar-refractivity contribution < 1.29 is 23.8 Å². The Morgan fingerprint density at radius 2 is 1.83 bits per heavy atom. The fourth-order valence-corrected chi connectivity index (χ4v) is 3.90. The molecule has 0 aromatic heterocycles. The number of nitrogens with one attached hydrogen (secondary N) is 1. The SMILES string of the molecule is CCOc1ccc(N2C[C@H](C(=O)N/N=C\c3ccc(OCc4ccccc4)c(OC)c3)CC2=O)cc1. The molecule has 2 amide bonds. The van der Waals surface area contributed by atoms with Crippen molar-refractivity contribution in [1.82, 2.24) is 5.43 Å². The van der Waals surface area contributed by atoms with Crippen LogP contribution in [-0.2, 0) is 16.2 Å². The summed E-state index contributed by atoms with van der Waals surface area (Å²) in [4.78, 5) is 26.7. The van der Waals surface area contributed by atoms with Crippen LogP contribution in [0, 0.1) is 5.92 Å². The summed E-state index contributed by atoms with van der Waals surface area (Å²) < 4.78 is 16.8. The fraction of sp³-hybridized carbons (Fsp3) is 0.250.